The Morgan fingerprint density at radius 3 is 2.39 bits per heavy atom. The molecule has 0 aliphatic rings. The van der Waals surface area contributed by atoms with Crippen LogP contribution < -0.4 is 10.6 Å². The van der Waals surface area contributed by atoms with Gasteiger partial charge in [-0.05, 0) is 50.6 Å². The lowest BCUT2D eigenvalue weighted by Crippen LogP contribution is -2.16. The number of nitrogens with one attached hydrogen (secondary N) is 2. The van der Waals surface area contributed by atoms with E-state index in [9.17, 15) is 9.59 Å². The number of hydrogen-bond acceptors (Lipinski definition) is 4. The average molecular weight is 311 g/mol. The van der Waals surface area contributed by atoms with Crippen molar-refractivity contribution >= 4 is 23.1 Å². The second kappa shape index (κ2) is 7.54. The van der Waals surface area contributed by atoms with Crippen molar-refractivity contribution in [1.82, 2.24) is 4.98 Å². The molecule has 0 radical (unpaired) electrons. The van der Waals surface area contributed by atoms with Gasteiger partial charge in [-0.1, -0.05) is 6.92 Å². The minimum atomic E-state index is -0.235. The van der Waals surface area contributed by atoms with Gasteiger partial charge < -0.3 is 10.6 Å². The Labute approximate surface area is 136 Å². The van der Waals surface area contributed by atoms with Crippen LogP contribution in [0.3, 0.4) is 0 Å². The van der Waals surface area contributed by atoms with Gasteiger partial charge in [-0.2, -0.15) is 0 Å². The van der Waals surface area contributed by atoms with Gasteiger partial charge in [-0.3, -0.25) is 14.6 Å². The molecule has 5 heteroatoms. The van der Waals surface area contributed by atoms with E-state index < -0.39 is 0 Å². The van der Waals surface area contributed by atoms with Crippen LogP contribution in [0.5, 0.6) is 0 Å². The van der Waals surface area contributed by atoms with Crippen LogP contribution in [0.15, 0.2) is 42.7 Å². The van der Waals surface area contributed by atoms with Crippen molar-refractivity contribution in [3.8, 4) is 0 Å². The van der Waals surface area contributed by atoms with E-state index in [-0.39, 0.29) is 11.7 Å². The van der Waals surface area contributed by atoms with Crippen molar-refractivity contribution in [1.29, 1.82) is 0 Å². The molecule has 0 saturated heterocycles. The Balaban J connectivity index is 2.08. The standard InChI is InChI=1S/C18H21N3O2/c1-4-12(2)20-17-9-15(10-19-11-17)18(23)21-16-7-5-14(6-8-16)13(3)22/h5-12,20H,4H2,1-3H3,(H,21,23). The number of rotatable bonds is 6. The van der Waals surface area contributed by atoms with Crippen LogP contribution in [0, 0.1) is 0 Å². The van der Waals surface area contributed by atoms with Crippen LogP contribution in [-0.2, 0) is 0 Å². The molecule has 120 valence electrons. The summed E-state index contributed by atoms with van der Waals surface area (Å²) < 4.78 is 0. The molecule has 0 saturated carbocycles. The molecule has 2 rings (SSSR count). The van der Waals surface area contributed by atoms with Gasteiger partial charge in [0.2, 0.25) is 0 Å². The molecule has 0 aliphatic heterocycles. The molecule has 0 fully saturated rings. The first kappa shape index (κ1) is 16.7. The van der Waals surface area contributed by atoms with E-state index in [1.54, 1.807) is 36.5 Å². The second-order valence-electron chi connectivity index (χ2n) is 5.50. The predicted octanol–water partition coefficient (Wildman–Crippen LogP) is 3.75. The minimum Gasteiger partial charge on any atom is -0.381 e. The molecule has 0 aliphatic carbocycles. The van der Waals surface area contributed by atoms with E-state index in [1.165, 1.54) is 13.1 Å². The Hall–Kier alpha value is -2.69. The molecule has 1 aromatic carbocycles. The molecule has 1 amide bonds. The van der Waals surface area contributed by atoms with E-state index in [1.807, 2.05) is 0 Å². The summed E-state index contributed by atoms with van der Waals surface area (Å²) in [6.07, 6.45) is 4.21. The third-order valence-electron chi connectivity index (χ3n) is 3.58. The van der Waals surface area contributed by atoms with Crippen LogP contribution in [-0.4, -0.2) is 22.7 Å². The summed E-state index contributed by atoms with van der Waals surface area (Å²) >= 11 is 0. The molecule has 0 spiro atoms. The first-order valence-electron chi connectivity index (χ1n) is 7.63. The lowest BCUT2D eigenvalue weighted by Gasteiger charge is -2.13. The topological polar surface area (TPSA) is 71.1 Å². The smallest absolute Gasteiger partial charge is 0.257 e. The number of aromatic nitrogens is 1. The van der Waals surface area contributed by atoms with Gasteiger partial charge in [0.25, 0.3) is 5.91 Å². The first-order chi connectivity index (χ1) is 11.0. The fourth-order valence-electron chi connectivity index (χ4n) is 2.02. The van der Waals surface area contributed by atoms with Crippen LogP contribution in [0.4, 0.5) is 11.4 Å². The highest BCUT2D eigenvalue weighted by Crippen LogP contribution is 2.14. The molecular weight excluding hydrogens is 290 g/mol. The number of hydrogen-bond donors (Lipinski definition) is 2. The quantitative estimate of drug-likeness (QED) is 0.797. The largest absolute Gasteiger partial charge is 0.381 e. The summed E-state index contributed by atoms with van der Waals surface area (Å²) in [4.78, 5) is 27.6. The van der Waals surface area contributed by atoms with Gasteiger partial charge in [0.05, 0.1) is 11.3 Å². The Morgan fingerprint density at radius 1 is 1.09 bits per heavy atom. The van der Waals surface area contributed by atoms with E-state index in [0.29, 0.717) is 22.9 Å². The average Bonchev–Trinajstić information content (AvgIpc) is 2.55. The Bertz CT molecular complexity index is 696. The normalized spacial score (nSPS) is 11.6. The molecule has 1 atom stereocenters. The van der Waals surface area contributed by atoms with Crippen LogP contribution in [0.2, 0.25) is 0 Å². The van der Waals surface area contributed by atoms with Gasteiger partial charge in [-0.25, -0.2) is 0 Å². The summed E-state index contributed by atoms with van der Waals surface area (Å²) in [6.45, 7) is 5.67. The molecule has 1 unspecified atom stereocenters. The zero-order valence-corrected chi connectivity index (χ0v) is 13.6. The van der Waals surface area contributed by atoms with Gasteiger partial charge in [0.1, 0.15) is 0 Å². The number of anilines is 2. The maximum Gasteiger partial charge on any atom is 0.257 e. The molecule has 23 heavy (non-hydrogen) atoms. The van der Waals surface area contributed by atoms with Crippen molar-refractivity contribution in [3.63, 3.8) is 0 Å². The zero-order valence-electron chi connectivity index (χ0n) is 13.6. The number of nitrogens with zero attached hydrogens (tertiary/aromatic N) is 1. The predicted molar refractivity (Wildman–Crippen MR) is 92.0 cm³/mol. The number of amides is 1. The van der Waals surface area contributed by atoms with Crippen LogP contribution in [0.1, 0.15) is 47.9 Å². The van der Waals surface area contributed by atoms with E-state index >= 15 is 0 Å². The van der Waals surface area contributed by atoms with Gasteiger partial charge in [-0.15, -0.1) is 0 Å². The number of carbonyl (C=O) groups excluding carboxylic acids is 2. The number of Topliss-reactive ketones (excluding diaryl/α,β-unsaturated/α-hetero) is 1. The summed E-state index contributed by atoms with van der Waals surface area (Å²) in [5.74, 6) is -0.239. The maximum absolute atomic E-state index is 12.3. The highest BCUT2D eigenvalue weighted by atomic mass is 16.1. The second-order valence-corrected chi connectivity index (χ2v) is 5.50. The van der Waals surface area contributed by atoms with Crippen molar-refractivity contribution in [3.05, 3.63) is 53.9 Å². The summed E-state index contributed by atoms with van der Waals surface area (Å²) in [7, 11) is 0. The van der Waals surface area contributed by atoms with E-state index in [4.69, 9.17) is 0 Å². The molecular formula is C18H21N3O2. The van der Waals surface area contributed by atoms with Gasteiger partial charge in [0, 0.05) is 29.7 Å². The third-order valence-corrected chi connectivity index (χ3v) is 3.58. The third kappa shape index (κ3) is 4.64. The van der Waals surface area contributed by atoms with Crippen LogP contribution in [0.25, 0.3) is 0 Å². The minimum absolute atomic E-state index is 0.00380. The maximum atomic E-state index is 12.3. The molecule has 0 bridgehead atoms. The monoisotopic (exact) mass is 311 g/mol. The molecule has 5 nitrogen and oxygen atoms in total. The zero-order chi connectivity index (χ0) is 16.8. The molecule has 1 heterocycles. The van der Waals surface area contributed by atoms with Crippen molar-refractivity contribution in [2.75, 3.05) is 10.6 Å². The van der Waals surface area contributed by atoms with Crippen molar-refractivity contribution in [2.24, 2.45) is 0 Å². The van der Waals surface area contributed by atoms with E-state index in [2.05, 4.69) is 29.5 Å². The fourth-order valence-corrected chi connectivity index (χ4v) is 2.02. The van der Waals surface area contributed by atoms with Crippen molar-refractivity contribution < 1.29 is 9.59 Å². The number of benzene rings is 1. The molecule has 2 N–H and O–H groups in total. The molecule has 1 aromatic heterocycles. The summed E-state index contributed by atoms with van der Waals surface area (Å²) in [5, 5.41) is 6.09. The lowest BCUT2D eigenvalue weighted by molar-refractivity contribution is 0.101. The first-order valence-corrected chi connectivity index (χ1v) is 7.63. The number of pyridine rings is 1. The van der Waals surface area contributed by atoms with Crippen LogP contribution >= 0.6 is 0 Å². The number of carbonyl (C=O) groups is 2. The molecule has 2 aromatic rings. The van der Waals surface area contributed by atoms with Gasteiger partial charge in [0.15, 0.2) is 5.78 Å². The van der Waals surface area contributed by atoms with Crippen molar-refractivity contribution in [2.45, 2.75) is 33.2 Å². The fraction of sp³-hybridized carbons (Fsp3) is 0.278. The Morgan fingerprint density at radius 2 is 1.78 bits per heavy atom. The SMILES string of the molecule is CCC(C)Nc1cncc(C(=O)Nc2ccc(C(C)=O)cc2)c1. The Kier molecular flexibility index (Phi) is 5.46. The van der Waals surface area contributed by atoms with E-state index in [0.717, 1.165) is 12.1 Å². The lowest BCUT2D eigenvalue weighted by atomic mass is 10.1. The van der Waals surface area contributed by atoms with Gasteiger partial charge >= 0.3 is 0 Å². The highest BCUT2D eigenvalue weighted by molar-refractivity contribution is 6.04. The summed E-state index contributed by atoms with van der Waals surface area (Å²) in [5.41, 5.74) is 2.55. The highest BCUT2D eigenvalue weighted by Gasteiger charge is 2.09. The summed E-state index contributed by atoms with van der Waals surface area (Å²) in [6, 6.07) is 8.90. The number of ketones is 1.